The SMILES string of the molecule is C=CCCc1cc(C=C)ccc1C. The average Bonchev–Trinajstić information content (AvgIpc) is 2.17. The van der Waals surface area contributed by atoms with Crippen molar-refractivity contribution in [2.45, 2.75) is 19.8 Å². The highest BCUT2D eigenvalue weighted by atomic mass is 14.0. The van der Waals surface area contributed by atoms with E-state index in [9.17, 15) is 0 Å². The molecular weight excluding hydrogens is 156 g/mol. The van der Waals surface area contributed by atoms with Gasteiger partial charge in [0, 0.05) is 0 Å². The van der Waals surface area contributed by atoms with Crippen molar-refractivity contribution in [3.63, 3.8) is 0 Å². The average molecular weight is 172 g/mol. The van der Waals surface area contributed by atoms with Crippen LogP contribution in [0.1, 0.15) is 23.1 Å². The summed E-state index contributed by atoms with van der Waals surface area (Å²) in [6.45, 7) is 9.63. The molecule has 0 heteroatoms. The van der Waals surface area contributed by atoms with Crippen molar-refractivity contribution in [3.05, 3.63) is 54.1 Å². The van der Waals surface area contributed by atoms with Crippen LogP contribution in [-0.4, -0.2) is 0 Å². The van der Waals surface area contributed by atoms with Gasteiger partial charge in [0.2, 0.25) is 0 Å². The molecule has 1 aromatic rings. The summed E-state index contributed by atoms with van der Waals surface area (Å²) in [5.41, 5.74) is 3.95. The van der Waals surface area contributed by atoms with Gasteiger partial charge in [-0.15, -0.1) is 6.58 Å². The van der Waals surface area contributed by atoms with Crippen LogP contribution in [0.25, 0.3) is 6.08 Å². The standard InChI is InChI=1S/C13H16/c1-4-6-7-13-10-12(5-2)9-8-11(13)3/h4-5,8-10H,1-2,6-7H2,3H3. The molecule has 0 atom stereocenters. The zero-order chi connectivity index (χ0) is 9.68. The topological polar surface area (TPSA) is 0 Å². The number of benzene rings is 1. The van der Waals surface area contributed by atoms with Crippen LogP contribution in [0, 0.1) is 6.92 Å². The fraction of sp³-hybridized carbons (Fsp3) is 0.231. The van der Waals surface area contributed by atoms with Gasteiger partial charge >= 0.3 is 0 Å². The highest BCUT2D eigenvalue weighted by Crippen LogP contribution is 2.14. The molecule has 0 bridgehead atoms. The molecule has 0 aromatic heterocycles. The molecule has 0 N–H and O–H groups in total. The third-order valence-electron chi connectivity index (χ3n) is 2.23. The Balaban J connectivity index is 2.89. The fourth-order valence-electron chi connectivity index (χ4n) is 1.35. The zero-order valence-electron chi connectivity index (χ0n) is 8.22. The zero-order valence-corrected chi connectivity index (χ0v) is 8.22. The summed E-state index contributed by atoms with van der Waals surface area (Å²) in [6.07, 6.45) is 5.97. The molecule has 1 aromatic carbocycles. The Kier molecular flexibility index (Phi) is 3.51. The second-order valence-electron chi connectivity index (χ2n) is 3.22. The van der Waals surface area contributed by atoms with Crippen molar-refractivity contribution in [2.24, 2.45) is 0 Å². The van der Waals surface area contributed by atoms with E-state index in [1.54, 1.807) is 0 Å². The molecule has 0 amide bonds. The molecule has 0 saturated carbocycles. The number of hydrogen-bond donors (Lipinski definition) is 0. The second-order valence-corrected chi connectivity index (χ2v) is 3.22. The summed E-state index contributed by atoms with van der Waals surface area (Å²) < 4.78 is 0. The molecule has 0 aliphatic heterocycles. The monoisotopic (exact) mass is 172 g/mol. The van der Waals surface area contributed by atoms with E-state index in [1.165, 1.54) is 16.7 Å². The fourth-order valence-corrected chi connectivity index (χ4v) is 1.35. The van der Waals surface area contributed by atoms with E-state index in [-0.39, 0.29) is 0 Å². The summed E-state index contributed by atoms with van der Waals surface area (Å²) in [5, 5.41) is 0. The smallest absolute Gasteiger partial charge is 0.0241 e. The van der Waals surface area contributed by atoms with Crippen molar-refractivity contribution in [1.29, 1.82) is 0 Å². The maximum atomic E-state index is 3.76. The molecule has 13 heavy (non-hydrogen) atoms. The Morgan fingerprint density at radius 1 is 1.31 bits per heavy atom. The minimum atomic E-state index is 1.04. The summed E-state index contributed by atoms with van der Waals surface area (Å²) in [7, 11) is 0. The molecule has 0 heterocycles. The van der Waals surface area contributed by atoms with Gasteiger partial charge in [0.15, 0.2) is 0 Å². The van der Waals surface area contributed by atoms with Crippen molar-refractivity contribution in [1.82, 2.24) is 0 Å². The summed E-state index contributed by atoms with van der Waals surface area (Å²) in [5.74, 6) is 0. The van der Waals surface area contributed by atoms with E-state index in [0.717, 1.165) is 12.8 Å². The van der Waals surface area contributed by atoms with Crippen LogP contribution in [0.4, 0.5) is 0 Å². The van der Waals surface area contributed by atoms with E-state index in [2.05, 4.69) is 38.3 Å². The highest BCUT2D eigenvalue weighted by molar-refractivity contribution is 5.49. The summed E-state index contributed by atoms with van der Waals surface area (Å²) >= 11 is 0. The Morgan fingerprint density at radius 2 is 2.08 bits per heavy atom. The lowest BCUT2D eigenvalue weighted by atomic mass is 10.0. The van der Waals surface area contributed by atoms with Gasteiger partial charge in [0.25, 0.3) is 0 Å². The molecule has 0 spiro atoms. The number of hydrogen-bond acceptors (Lipinski definition) is 0. The lowest BCUT2D eigenvalue weighted by molar-refractivity contribution is 0.989. The van der Waals surface area contributed by atoms with Crippen molar-refractivity contribution < 1.29 is 0 Å². The first-order valence-electron chi connectivity index (χ1n) is 4.61. The van der Waals surface area contributed by atoms with Gasteiger partial charge < -0.3 is 0 Å². The number of aryl methyl sites for hydroxylation is 2. The Morgan fingerprint density at radius 3 is 2.69 bits per heavy atom. The van der Waals surface area contributed by atoms with Gasteiger partial charge in [-0.1, -0.05) is 36.9 Å². The predicted octanol–water partition coefficient (Wildman–Crippen LogP) is 3.76. The van der Waals surface area contributed by atoms with E-state index in [1.807, 2.05) is 12.2 Å². The van der Waals surface area contributed by atoms with Gasteiger partial charge in [-0.3, -0.25) is 0 Å². The van der Waals surface area contributed by atoms with Gasteiger partial charge in [0.05, 0.1) is 0 Å². The molecule has 1 rings (SSSR count). The first-order valence-corrected chi connectivity index (χ1v) is 4.61. The summed E-state index contributed by atoms with van der Waals surface area (Å²) in [4.78, 5) is 0. The van der Waals surface area contributed by atoms with Gasteiger partial charge in [-0.25, -0.2) is 0 Å². The number of allylic oxidation sites excluding steroid dienone is 1. The maximum Gasteiger partial charge on any atom is -0.0241 e. The van der Waals surface area contributed by atoms with Crippen LogP contribution in [-0.2, 0) is 6.42 Å². The van der Waals surface area contributed by atoms with Crippen LogP contribution in [0.3, 0.4) is 0 Å². The number of rotatable bonds is 4. The quantitative estimate of drug-likeness (QED) is 0.607. The van der Waals surface area contributed by atoms with Crippen LogP contribution < -0.4 is 0 Å². The van der Waals surface area contributed by atoms with Crippen LogP contribution in [0.2, 0.25) is 0 Å². The Bertz CT molecular complexity index is 308. The largest absolute Gasteiger partial charge is 0.103 e. The van der Waals surface area contributed by atoms with Gasteiger partial charge in [-0.2, -0.15) is 0 Å². The van der Waals surface area contributed by atoms with Crippen molar-refractivity contribution in [3.8, 4) is 0 Å². The minimum absolute atomic E-state index is 1.04. The molecule has 0 radical (unpaired) electrons. The lowest BCUT2D eigenvalue weighted by Gasteiger charge is -2.05. The molecule has 0 fully saturated rings. The van der Waals surface area contributed by atoms with E-state index in [4.69, 9.17) is 0 Å². The van der Waals surface area contributed by atoms with Crippen molar-refractivity contribution >= 4 is 6.08 Å². The van der Waals surface area contributed by atoms with Crippen LogP contribution in [0.5, 0.6) is 0 Å². The lowest BCUT2D eigenvalue weighted by Crippen LogP contribution is -1.89. The van der Waals surface area contributed by atoms with Crippen molar-refractivity contribution in [2.75, 3.05) is 0 Å². The van der Waals surface area contributed by atoms with E-state index in [0.29, 0.717) is 0 Å². The van der Waals surface area contributed by atoms with E-state index >= 15 is 0 Å². The minimum Gasteiger partial charge on any atom is -0.103 e. The Labute approximate surface area is 80.6 Å². The second kappa shape index (κ2) is 4.66. The maximum absolute atomic E-state index is 3.76. The third kappa shape index (κ3) is 2.59. The Hall–Kier alpha value is -1.30. The molecule has 0 nitrogen and oxygen atoms in total. The molecule has 0 aliphatic carbocycles. The molecule has 0 unspecified atom stereocenters. The highest BCUT2D eigenvalue weighted by Gasteiger charge is 1.97. The van der Waals surface area contributed by atoms with Crippen LogP contribution in [0.15, 0.2) is 37.4 Å². The predicted molar refractivity (Wildman–Crippen MR) is 59.8 cm³/mol. The molecule has 0 aliphatic rings. The van der Waals surface area contributed by atoms with E-state index < -0.39 is 0 Å². The van der Waals surface area contributed by atoms with Gasteiger partial charge in [-0.05, 0) is 36.5 Å². The molecule has 0 saturated heterocycles. The first-order chi connectivity index (χ1) is 6.27. The molecule has 68 valence electrons. The third-order valence-corrected chi connectivity index (χ3v) is 2.23. The normalized spacial score (nSPS) is 9.62. The van der Waals surface area contributed by atoms with Crippen LogP contribution >= 0.6 is 0 Å². The summed E-state index contributed by atoms with van der Waals surface area (Å²) in [6, 6.07) is 6.45. The molecular formula is C13H16. The van der Waals surface area contributed by atoms with Gasteiger partial charge in [0.1, 0.15) is 0 Å². The first kappa shape index (κ1) is 9.79.